The first-order chi connectivity index (χ1) is 5.88. The van der Waals surface area contributed by atoms with Crippen LogP contribution in [0, 0.1) is 0 Å². The molecule has 0 saturated carbocycles. The van der Waals surface area contributed by atoms with Crippen molar-refractivity contribution in [1.82, 2.24) is 15.0 Å². The molecule has 0 unspecified atom stereocenters. The van der Waals surface area contributed by atoms with E-state index in [2.05, 4.69) is 15.0 Å². The molecule has 12 heavy (non-hydrogen) atoms. The van der Waals surface area contributed by atoms with Crippen molar-refractivity contribution in [2.75, 3.05) is 0 Å². The second-order valence-corrected chi connectivity index (χ2v) is 2.25. The lowest BCUT2D eigenvalue weighted by Gasteiger charge is -1.84. The van der Waals surface area contributed by atoms with Gasteiger partial charge in [-0.05, 0) is 6.07 Å². The van der Waals surface area contributed by atoms with E-state index in [1.165, 1.54) is 12.4 Å². The molecule has 4 heteroatoms. The number of hydrogen-bond acceptors (Lipinski definition) is 4. The Morgan fingerprint density at radius 3 is 2.83 bits per heavy atom. The van der Waals surface area contributed by atoms with Gasteiger partial charge >= 0.3 is 0 Å². The van der Waals surface area contributed by atoms with Gasteiger partial charge in [0.25, 0.3) is 5.56 Å². The Bertz CT molecular complexity index is 469. The minimum atomic E-state index is -0.273. The monoisotopic (exact) mass is 159 g/mol. The van der Waals surface area contributed by atoms with Crippen molar-refractivity contribution >= 4 is 10.9 Å². The van der Waals surface area contributed by atoms with Gasteiger partial charge in [-0.1, -0.05) is 0 Å². The predicted molar refractivity (Wildman–Crippen MR) is 43.6 cm³/mol. The smallest absolute Gasteiger partial charge is 0.267 e. The summed E-state index contributed by atoms with van der Waals surface area (Å²) in [5.74, 6) is 0. The first kappa shape index (κ1) is 6.84. The molecule has 58 valence electrons. The normalized spacial score (nSPS) is 10.0. The highest BCUT2D eigenvalue weighted by molar-refractivity contribution is 5.75. The second kappa shape index (κ2) is 2.65. The molecule has 0 amide bonds. The highest BCUT2D eigenvalue weighted by Gasteiger charge is 1.94. The van der Waals surface area contributed by atoms with Crippen LogP contribution >= 0.6 is 0 Å². The summed E-state index contributed by atoms with van der Waals surface area (Å²) in [6.07, 6.45) is 5.94. The van der Waals surface area contributed by atoms with Gasteiger partial charge in [-0.2, -0.15) is 0 Å². The van der Waals surface area contributed by atoms with Crippen molar-refractivity contribution in [2.24, 2.45) is 0 Å². The van der Waals surface area contributed by atoms with E-state index >= 15 is 0 Å². The van der Waals surface area contributed by atoms with Crippen LogP contribution in [0.1, 0.15) is 0 Å². The van der Waals surface area contributed by atoms with Crippen LogP contribution in [0.5, 0.6) is 0 Å². The van der Waals surface area contributed by atoms with E-state index < -0.39 is 0 Å². The lowest BCUT2D eigenvalue weighted by atomic mass is 10.3. The Hall–Kier alpha value is -1.84. The van der Waals surface area contributed by atoms with E-state index in [0.717, 1.165) is 0 Å². The molecule has 2 heterocycles. The molecule has 2 rings (SSSR count). The van der Waals surface area contributed by atoms with Gasteiger partial charge in [0.1, 0.15) is 0 Å². The van der Waals surface area contributed by atoms with Gasteiger partial charge in [-0.3, -0.25) is 14.8 Å². The van der Waals surface area contributed by atoms with Crippen molar-refractivity contribution < 1.29 is 0 Å². The molecule has 0 aliphatic rings. The third-order valence-electron chi connectivity index (χ3n) is 1.50. The molecular weight excluding hydrogens is 154 g/mol. The Morgan fingerprint density at radius 1 is 1.08 bits per heavy atom. The Morgan fingerprint density at radius 2 is 1.92 bits per heavy atom. The van der Waals surface area contributed by atoms with Crippen molar-refractivity contribution in [3.05, 3.63) is 41.2 Å². The van der Waals surface area contributed by atoms with Crippen molar-refractivity contribution in [3.63, 3.8) is 0 Å². The molecular formula is C8H5N3O. The van der Waals surface area contributed by atoms with E-state index in [-0.39, 0.29) is 5.56 Å². The fourth-order valence-corrected chi connectivity index (χ4v) is 0.954. The number of rotatable bonds is 0. The van der Waals surface area contributed by atoms with Gasteiger partial charge in [0.05, 0.1) is 17.1 Å². The first-order valence-electron chi connectivity index (χ1n) is 3.43. The minimum absolute atomic E-state index is 0.273. The molecule has 0 aliphatic carbocycles. The molecule has 0 fully saturated rings. The van der Waals surface area contributed by atoms with Crippen LogP contribution in [0.2, 0.25) is 0 Å². The van der Waals surface area contributed by atoms with Crippen LogP contribution < -0.4 is 5.56 Å². The molecule has 4 nitrogen and oxygen atoms in total. The summed E-state index contributed by atoms with van der Waals surface area (Å²) >= 11 is 0. The van der Waals surface area contributed by atoms with Crippen LogP contribution in [0.4, 0.5) is 0 Å². The zero-order chi connectivity index (χ0) is 8.39. The third-order valence-corrected chi connectivity index (χ3v) is 1.50. The predicted octanol–water partition coefficient (Wildman–Crippen LogP) is 0.385. The summed E-state index contributed by atoms with van der Waals surface area (Å²) in [6.45, 7) is 0. The van der Waals surface area contributed by atoms with Crippen LogP contribution in [0.25, 0.3) is 10.9 Å². The van der Waals surface area contributed by atoms with Gasteiger partial charge < -0.3 is 0 Å². The molecule has 0 saturated heterocycles. The zero-order valence-corrected chi connectivity index (χ0v) is 6.14. The third kappa shape index (κ3) is 1.03. The average Bonchev–Trinajstić information content (AvgIpc) is 2.29. The van der Waals surface area contributed by atoms with Crippen molar-refractivity contribution in [3.8, 4) is 0 Å². The summed E-state index contributed by atoms with van der Waals surface area (Å²) in [5.41, 5.74) is 0.296. The van der Waals surface area contributed by atoms with E-state index in [9.17, 15) is 4.79 Å². The van der Waals surface area contributed by atoms with E-state index in [1.807, 2.05) is 0 Å². The number of nitrogens with zero attached hydrogens (tertiary/aromatic N) is 3. The van der Waals surface area contributed by atoms with Gasteiger partial charge in [-0.25, -0.2) is 4.98 Å². The maximum atomic E-state index is 11.2. The van der Waals surface area contributed by atoms with Gasteiger partial charge in [0.15, 0.2) is 0 Å². The Balaban J connectivity index is 3.06. The summed E-state index contributed by atoms with van der Waals surface area (Å²) in [5, 5.41) is 0.495. The molecule has 2 aromatic heterocycles. The van der Waals surface area contributed by atoms with Crippen LogP contribution in [0.3, 0.4) is 0 Å². The molecule has 0 radical (unpaired) electrons. The van der Waals surface area contributed by atoms with Crippen molar-refractivity contribution in [1.29, 1.82) is 0 Å². The molecule has 0 aromatic carbocycles. The second-order valence-electron chi connectivity index (χ2n) is 2.25. The Kier molecular flexibility index (Phi) is 1.51. The van der Waals surface area contributed by atoms with Gasteiger partial charge in [-0.15, -0.1) is 0 Å². The standard InChI is InChI=1S/C8H5N3O/c12-8-6-1-2-9-5-7(6)10-3-4-11-8/h1-5H. The number of pyridine rings is 1. The molecule has 0 aliphatic heterocycles. The van der Waals surface area contributed by atoms with Gasteiger partial charge in [0.2, 0.25) is 0 Å². The Labute approximate surface area is 67.9 Å². The highest BCUT2D eigenvalue weighted by Crippen LogP contribution is 1.99. The molecule has 0 N–H and O–H groups in total. The van der Waals surface area contributed by atoms with Gasteiger partial charge in [0, 0.05) is 18.6 Å². The number of aromatic nitrogens is 3. The molecule has 0 spiro atoms. The summed E-state index contributed by atoms with van der Waals surface area (Å²) in [4.78, 5) is 22.7. The summed E-state index contributed by atoms with van der Waals surface area (Å²) < 4.78 is 0. The van der Waals surface area contributed by atoms with E-state index in [0.29, 0.717) is 10.9 Å². The maximum absolute atomic E-state index is 11.2. The van der Waals surface area contributed by atoms with Crippen LogP contribution in [-0.4, -0.2) is 15.0 Å². The quantitative estimate of drug-likeness (QED) is 0.557. The van der Waals surface area contributed by atoms with E-state index in [4.69, 9.17) is 0 Å². The fraction of sp³-hybridized carbons (Fsp3) is 0. The maximum Gasteiger partial charge on any atom is 0.279 e. The molecule has 0 atom stereocenters. The highest BCUT2D eigenvalue weighted by atomic mass is 16.1. The first-order valence-corrected chi connectivity index (χ1v) is 3.43. The average molecular weight is 159 g/mol. The zero-order valence-electron chi connectivity index (χ0n) is 6.14. The summed E-state index contributed by atoms with van der Waals surface area (Å²) in [6, 6.07) is 1.61. The fourth-order valence-electron chi connectivity index (χ4n) is 0.954. The lowest BCUT2D eigenvalue weighted by Crippen LogP contribution is -2.00. The minimum Gasteiger partial charge on any atom is -0.267 e. The van der Waals surface area contributed by atoms with Crippen LogP contribution in [-0.2, 0) is 0 Å². The topological polar surface area (TPSA) is 55.7 Å². The van der Waals surface area contributed by atoms with E-state index in [1.54, 1.807) is 18.5 Å². The van der Waals surface area contributed by atoms with Crippen molar-refractivity contribution in [2.45, 2.75) is 0 Å². The SMILES string of the molecule is O=c1nccnc2cnccc12. The van der Waals surface area contributed by atoms with Crippen LogP contribution in [0.15, 0.2) is 35.6 Å². The number of fused-ring (bicyclic) bond motifs is 1. The molecule has 0 bridgehead atoms. The largest absolute Gasteiger partial charge is 0.279 e. The molecule has 2 aromatic rings. The summed E-state index contributed by atoms with van der Waals surface area (Å²) in [7, 11) is 0. The lowest BCUT2D eigenvalue weighted by molar-refractivity contribution is 1.28. The number of hydrogen-bond donors (Lipinski definition) is 0.